The van der Waals surface area contributed by atoms with Gasteiger partial charge in [0, 0.05) is 42.7 Å². The van der Waals surface area contributed by atoms with Gasteiger partial charge in [0.1, 0.15) is 17.3 Å². The smallest absolute Gasteiger partial charge is 0.273 e. The Morgan fingerprint density at radius 1 is 1.21 bits per heavy atom. The van der Waals surface area contributed by atoms with Crippen LogP contribution in [-0.4, -0.2) is 53.0 Å². The summed E-state index contributed by atoms with van der Waals surface area (Å²) in [5.74, 6) is -1.94. The molecule has 0 bridgehead atoms. The topological polar surface area (TPSA) is 94.6 Å². The largest absolute Gasteiger partial charge is 0.395 e. The number of hydrogen-bond acceptors (Lipinski definition) is 6. The summed E-state index contributed by atoms with van der Waals surface area (Å²) in [6.07, 6.45) is 1.08. The number of nitrogens with one attached hydrogen (secondary N) is 2. The fraction of sp³-hybridized carbons (Fsp3) is 0.389. The number of anilines is 2. The van der Waals surface area contributed by atoms with Crippen molar-refractivity contribution in [1.82, 2.24) is 15.2 Å². The zero-order valence-electron chi connectivity index (χ0n) is 15.0. The molecule has 0 atom stereocenters. The molecule has 1 aromatic heterocycles. The normalized spacial score (nSPS) is 14.8. The van der Waals surface area contributed by atoms with Gasteiger partial charge in [0.25, 0.3) is 5.91 Å². The molecule has 1 aliphatic heterocycles. The van der Waals surface area contributed by atoms with Crippen molar-refractivity contribution in [1.29, 1.82) is 0 Å². The molecule has 1 aliphatic rings. The lowest BCUT2D eigenvalue weighted by molar-refractivity contribution is -0.126. The number of piperidine rings is 1. The number of aliphatic hydroxyl groups is 1. The molecule has 0 saturated carbocycles. The molecule has 2 amide bonds. The summed E-state index contributed by atoms with van der Waals surface area (Å²) in [5, 5.41) is 16.1. The SMILES string of the molecule is O=C(NCCO)C1CCN(C(=O)c2csc(Nc3cc(F)cc(F)c3)n2)CC1. The zero-order valence-corrected chi connectivity index (χ0v) is 15.8. The van der Waals surface area contributed by atoms with E-state index in [1.807, 2.05) is 0 Å². The van der Waals surface area contributed by atoms with Gasteiger partial charge in [0.05, 0.1) is 6.61 Å². The molecule has 1 saturated heterocycles. The molecular formula is C18H20F2N4O3S. The van der Waals surface area contributed by atoms with Gasteiger partial charge in [0.15, 0.2) is 5.13 Å². The number of carbonyl (C=O) groups excluding carboxylic acids is 2. The van der Waals surface area contributed by atoms with Crippen molar-refractivity contribution in [2.45, 2.75) is 12.8 Å². The Morgan fingerprint density at radius 2 is 1.89 bits per heavy atom. The van der Waals surface area contributed by atoms with Crippen LogP contribution in [0.3, 0.4) is 0 Å². The fourth-order valence-corrected chi connectivity index (χ4v) is 3.71. The highest BCUT2D eigenvalue weighted by Gasteiger charge is 2.28. The molecule has 2 aromatic rings. The maximum atomic E-state index is 13.3. The van der Waals surface area contributed by atoms with E-state index in [9.17, 15) is 18.4 Å². The van der Waals surface area contributed by atoms with E-state index in [4.69, 9.17) is 5.11 Å². The van der Waals surface area contributed by atoms with Crippen LogP contribution < -0.4 is 10.6 Å². The van der Waals surface area contributed by atoms with Crippen molar-refractivity contribution >= 4 is 34.0 Å². The van der Waals surface area contributed by atoms with Gasteiger partial charge in [-0.1, -0.05) is 0 Å². The molecule has 0 unspecified atom stereocenters. The molecule has 10 heteroatoms. The van der Waals surface area contributed by atoms with Crippen LogP contribution in [0.5, 0.6) is 0 Å². The monoisotopic (exact) mass is 410 g/mol. The van der Waals surface area contributed by atoms with Crippen LogP contribution in [0.2, 0.25) is 0 Å². The average molecular weight is 410 g/mol. The van der Waals surface area contributed by atoms with Gasteiger partial charge in [-0.05, 0) is 25.0 Å². The number of carbonyl (C=O) groups is 2. The van der Waals surface area contributed by atoms with Crippen molar-refractivity contribution in [2.75, 3.05) is 31.6 Å². The lowest BCUT2D eigenvalue weighted by atomic mass is 9.96. The van der Waals surface area contributed by atoms with Gasteiger partial charge in [-0.3, -0.25) is 9.59 Å². The Bertz CT molecular complexity index is 833. The van der Waals surface area contributed by atoms with Crippen LogP contribution in [0.4, 0.5) is 19.6 Å². The quantitative estimate of drug-likeness (QED) is 0.678. The molecule has 28 heavy (non-hydrogen) atoms. The number of hydrogen-bond donors (Lipinski definition) is 3. The van der Waals surface area contributed by atoms with Crippen molar-refractivity contribution in [2.24, 2.45) is 5.92 Å². The average Bonchev–Trinajstić information content (AvgIpc) is 3.13. The van der Waals surface area contributed by atoms with Gasteiger partial charge < -0.3 is 20.6 Å². The number of likely N-dealkylation sites (tertiary alicyclic amines) is 1. The van der Waals surface area contributed by atoms with Crippen molar-refractivity contribution in [3.8, 4) is 0 Å². The minimum atomic E-state index is -0.707. The fourth-order valence-electron chi connectivity index (χ4n) is 3.01. The Labute approximate surface area is 164 Å². The van der Waals surface area contributed by atoms with E-state index in [2.05, 4.69) is 15.6 Å². The molecule has 0 radical (unpaired) electrons. The summed E-state index contributed by atoms with van der Waals surface area (Å²) in [5.41, 5.74) is 0.452. The number of rotatable bonds is 6. The second kappa shape index (κ2) is 9.07. The van der Waals surface area contributed by atoms with E-state index in [-0.39, 0.29) is 42.3 Å². The van der Waals surface area contributed by atoms with E-state index < -0.39 is 11.6 Å². The molecule has 1 fully saturated rings. The van der Waals surface area contributed by atoms with Gasteiger partial charge in [-0.15, -0.1) is 11.3 Å². The lowest BCUT2D eigenvalue weighted by Crippen LogP contribution is -2.43. The predicted octanol–water partition coefficient (Wildman–Crippen LogP) is 2.13. The first-order valence-corrected chi connectivity index (χ1v) is 9.70. The van der Waals surface area contributed by atoms with Crippen LogP contribution in [-0.2, 0) is 4.79 Å². The number of halogens is 2. The summed E-state index contributed by atoms with van der Waals surface area (Å²) in [6, 6.07) is 3.05. The maximum Gasteiger partial charge on any atom is 0.273 e. The van der Waals surface area contributed by atoms with Gasteiger partial charge in [0.2, 0.25) is 5.91 Å². The van der Waals surface area contributed by atoms with Crippen LogP contribution in [0, 0.1) is 17.6 Å². The molecular weight excluding hydrogens is 390 g/mol. The van der Waals surface area contributed by atoms with Gasteiger partial charge in [-0.25, -0.2) is 13.8 Å². The molecule has 3 rings (SSSR count). The number of thiazole rings is 1. The molecule has 2 heterocycles. The number of aromatic nitrogens is 1. The number of nitrogens with zero attached hydrogens (tertiary/aromatic N) is 2. The summed E-state index contributed by atoms with van der Waals surface area (Å²) >= 11 is 1.16. The molecule has 150 valence electrons. The third kappa shape index (κ3) is 5.02. The minimum Gasteiger partial charge on any atom is -0.395 e. The molecule has 7 nitrogen and oxygen atoms in total. The summed E-state index contributed by atoms with van der Waals surface area (Å²) < 4.78 is 26.5. The number of benzene rings is 1. The van der Waals surface area contributed by atoms with Crippen LogP contribution in [0.15, 0.2) is 23.6 Å². The minimum absolute atomic E-state index is 0.106. The first kappa shape index (κ1) is 20.2. The van der Waals surface area contributed by atoms with E-state index >= 15 is 0 Å². The molecule has 3 N–H and O–H groups in total. The van der Waals surface area contributed by atoms with Crippen molar-refractivity contribution in [3.05, 3.63) is 40.9 Å². The highest BCUT2D eigenvalue weighted by Crippen LogP contribution is 2.24. The second-order valence-electron chi connectivity index (χ2n) is 6.40. The van der Waals surface area contributed by atoms with Crippen molar-refractivity contribution in [3.63, 3.8) is 0 Å². The first-order chi connectivity index (χ1) is 13.5. The summed E-state index contributed by atoms with van der Waals surface area (Å²) in [4.78, 5) is 30.4. The van der Waals surface area contributed by atoms with Crippen LogP contribution in [0.1, 0.15) is 23.3 Å². The standard InChI is InChI=1S/C18H20F2N4O3S/c19-12-7-13(20)9-14(8-12)22-18-23-15(10-28-18)17(27)24-4-1-11(2-5-24)16(26)21-3-6-25/h7-11,25H,1-6H2,(H,21,26)(H,22,23). The summed E-state index contributed by atoms with van der Waals surface area (Å²) in [7, 11) is 0. The Hall–Kier alpha value is -2.59. The van der Waals surface area contributed by atoms with Crippen LogP contribution >= 0.6 is 11.3 Å². The number of aliphatic hydroxyl groups excluding tert-OH is 1. The zero-order chi connectivity index (χ0) is 20.1. The highest BCUT2D eigenvalue weighted by atomic mass is 32.1. The third-order valence-electron chi connectivity index (χ3n) is 4.40. The summed E-state index contributed by atoms with van der Waals surface area (Å²) in [6.45, 7) is 0.990. The van der Waals surface area contributed by atoms with E-state index in [1.54, 1.807) is 10.3 Å². The highest BCUT2D eigenvalue weighted by molar-refractivity contribution is 7.14. The van der Waals surface area contributed by atoms with E-state index in [1.165, 1.54) is 0 Å². The first-order valence-electron chi connectivity index (χ1n) is 8.82. The van der Waals surface area contributed by atoms with Gasteiger partial charge in [-0.2, -0.15) is 0 Å². The van der Waals surface area contributed by atoms with E-state index in [0.717, 1.165) is 29.5 Å². The Balaban J connectivity index is 1.56. The second-order valence-corrected chi connectivity index (χ2v) is 7.26. The Morgan fingerprint density at radius 3 is 2.54 bits per heavy atom. The third-order valence-corrected chi connectivity index (χ3v) is 5.16. The molecule has 0 spiro atoms. The number of amides is 2. The Kier molecular flexibility index (Phi) is 6.53. The molecule has 0 aliphatic carbocycles. The lowest BCUT2D eigenvalue weighted by Gasteiger charge is -2.30. The van der Waals surface area contributed by atoms with E-state index in [0.29, 0.717) is 31.1 Å². The molecule has 1 aromatic carbocycles. The van der Waals surface area contributed by atoms with Crippen LogP contribution in [0.25, 0.3) is 0 Å². The maximum absolute atomic E-state index is 13.3. The van der Waals surface area contributed by atoms with Crippen molar-refractivity contribution < 1.29 is 23.5 Å². The predicted molar refractivity (Wildman–Crippen MR) is 100 cm³/mol. The van der Waals surface area contributed by atoms with Gasteiger partial charge >= 0.3 is 0 Å².